The highest BCUT2D eigenvalue weighted by Gasteiger charge is 2.61. The predicted octanol–water partition coefficient (Wildman–Crippen LogP) is 5.30. The minimum absolute atomic E-state index is 0.0139. The highest BCUT2D eigenvalue weighted by atomic mass is 35.5. The summed E-state index contributed by atoms with van der Waals surface area (Å²) in [5, 5.41) is 10.00. The summed E-state index contributed by atoms with van der Waals surface area (Å²) >= 11 is 7.43. The standard InChI is InChI=1S/C38H50ClN5O8S2/c1-6-23(2)54(50,51)43-35(48)38-20-26(38)12-10-8-7-9-11-13-29(41-36(49)52-37(3,4)5)34(47)44-21-28(19-30(44)33(46)42-38)40-32(45)25-18-31(53-22-25)24-14-16-27(39)17-15-24/h10,12,14-18,22-23,26,28-30H,6-9,11,13,19-21H2,1-5H3,(H,40,45)(H,41,49)(H,42,46)(H,43,48)/b12-10-/t23?,26-,28-,29+,30+,38-/m1/s1. The molecule has 1 aromatic carbocycles. The van der Waals surface area contributed by atoms with Crippen LogP contribution in [0.25, 0.3) is 10.4 Å². The van der Waals surface area contributed by atoms with Gasteiger partial charge in [0.25, 0.3) is 11.8 Å². The van der Waals surface area contributed by atoms with Crippen molar-refractivity contribution in [1.82, 2.24) is 25.6 Å². The van der Waals surface area contributed by atoms with Gasteiger partial charge in [-0.05, 0) is 90.0 Å². The number of hydrogen-bond acceptors (Lipinski definition) is 9. The molecule has 1 aliphatic carbocycles. The van der Waals surface area contributed by atoms with Crippen molar-refractivity contribution in [1.29, 1.82) is 0 Å². The lowest BCUT2D eigenvalue weighted by Gasteiger charge is -2.30. The first kappa shape index (κ1) is 41.2. The monoisotopic (exact) mass is 803 g/mol. The summed E-state index contributed by atoms with van der Waals surface area (Å²) in [6.07, 6.45) is 6.52. The van der Waals surface area contributed by atoms with Crippen LogP contribution in [0.2, 0.25) is 5.02 Å². The van der Waals surface area contributed by atoms with Crippen LogP contribution < -0.4 is 20.7 Å². The molecule has 16 heteroatoms. The first-order chi connectivity index (χ1) is 25.4. The van der Waals surface area contributed by atoms with Crippen molar-refractivity contribution in [3.63, 3.8) is 0 Å². The first-order valence-electron chi connectivity index (χ1n) is 18.4. The number of nitrogens with one attached hydrogen (secondary N) is 4. The summed E-state index contributed by atoms with van der Waals surface area (Å²) < 4.78 is 33.5. The summed E-state index contributed by atoms with van der Waals surface area (Å²) in [7, 11) is -4.02. The van der Waals surface area contributed by atoms with Gasteiger partial charge in [0.05, 0.1) is 10.8 Å². The molecule has 0 radical (unpaired) electrons. The Kier molecular flexibility index (Phi) is 12.8. The van der Waals surface area contributed by atoms with E-state index in [9.17, 15) is 32.4 Å². The third-order valence-electron chi connectivity index (χ3n) is 10.0. The number of hydrogen-bond donors (Lipinski definition) is 4. The number of benzene rings is 1. The molecule has 0 bridgehead atoms. The molecule has 5 rings (SSSR count). The molecule has 1 unspecified atom stereocenters. The van der Waals surface area contributed by atoms with Gasteiger partial charge in [-0.15, -0.1) is 11.3 Å². The van der Waals surface area contributed by atoms with Crippen LogP contribution in [0.5, 0.6) is 0 Å². The average molecular weight is 804 g/mol. The number of amides is 5. The Morgan fingerprint density at radius 2 is 1.83 bits per heavy atom. The number of allylic oxidation sites excluding steroid dienone is 1. The van der Waals surface area contributed by atoms with E-state index in [1.807, 2.05) is 24.3 Å². The zero-order valence-electron chi connectivity index (χ0n) is 31.3. The quantitative estimate of drug-likeness (QED) is 0.260. The van der Waals surface area contributed by atoms with Gasteiger partial charge < -0.3 is 25.6 Å². The minimum Gasteiger partial charge on any atom is -0.444 e. The number of carbonyl (C=O) groups is 5. The Balaban J connectivity index is 1.42. The third-order valence-corrected chi connectivity index (χ3v) is 13.1. The molecule has 54 heavy (non-hydrogen) atoms. The van der Waals surface area contributed by atoms with E-state index in [-0.39, 0.29) is 32.2 Å². The van der Waals surface area contributed by atoms with E-state index < -0.39 is 80.2 Å². The lowest BCUT2D eigenvalue weighted by Crippen LogP contribution is -2.58. The molecule has 3 aliphatic rings. The number of alkyl carbamates (subject to hydrolysis) is 1. The summed E-state index contributed by atoms with van der Waals surface area (Å²) in [5.41, 5.74) is -1.07. The minimum atomic E-state index is -4.02. The highest BCUT2D eigenvalue weighted by molar-refractivity contribution is 7.90. The molecule has 1 saturated carbocycles. The van der Waals surface area contributed by atoms with Gasteiger partial charge in [0, 0.05) is 33.8 Å². The number of sulfonamides is 1. The second-order valence-electron chi connectivity index (χ2n) is 15.4. The van der Waals surface area contributed by atoms with Crippen LogP contribution in [0.15, 0.2) is 47.9 Å². The van der Waals surface area contributed by atoms with E-state index in [2.05, 4.69) is 20.7 Å². The van der Waals surface area contributed by atoms with Gasteiger partial charge >= 0.3 is 6.09 Å². The van der Waals surface area contributed by atoms with E-state index >= 15 is 0 Å². The van der Waals surface area contributed by atoms with Crippen LogP contribution >= 0.6 is 22.9 Å². The lowest BCUT2D eigenvalue weighted by atomic mass is 10.0. The van der Waals surface area contributed by atoms with Crippen molar-refractivity contribution in [2.24, 2.45) is 5.92 Å². The van der Waals surface area contributed by atoms with Crippen molar-refractivity contribution < 1.29 is 37.1 Å². The Morgan fingerprint density at radius 1 is 1.11 bits per heavy atom. The Hall–Kier alpha value is -3.95. The van der Waals surface area contributed by atoms with Gasteiger partial charge in [-0.2, -0.15) is 0 Å². The molecule has 2 aliphatic heterocycles. The molecule has 1 saturated heterocycles. The number of thiophene rings is 1. The summed E-state index contributed by atoms with van der Waals surface area (Å²) in [6.45, 7) is 8.29. The Bertz CT molecular complexity index is 1880. The van der Waals surface area contributed by atoms with Crippen LogP contribution in [0.1, 0.15) is 96.3 Å². The number of ether oxygens (including phenoxy) is 1. The fraction of sp³-hybridized carbons (Fsp3) is 0.553. The molecule has 3 heterocycles. The molecule has 2 fully saturated rings. The fourth-order valence-corrected chi connectivity index (χ4v) is 8.81. The number of nitrogens with zero attached hydrogens (tertiary/aromatic N) is 1. The van der Waals surface area contributed by atoms with E-state index in [1.165, 1.54) is 23.2 Å². The molecule has 294 valence electrons. The van der Waals surface area contributed by atoms with Crippen molar-refractivity contribution in [3.8, 4) is 10.4 Å². The van der Waals surface area contributed by atoms with Crippen LogP contribution in [0, 0.1) is 5.92 Å². The Labute approximate surface area is 326 Å². The first-order valence-corrected chi connectivity index (χ1v) is 21.2. The number of halogens is 1. The normalized spacial score (nSPS) is 26.1. The SMILES string of the molecule is CCC(C)S(=O)(=O)NC(=O)[C@@]12C[C@H]1/C=C\CCCCC[C@H](NC(=O)OC(C)(C)C)C(=O)N1C[C@H](NC(=O)c3csc(-c4ccc(Cl)cc4)c3)C[C@H]1C(=O)N2. The molecule has 2 aromatic rings. The zero-order chi connectivity index (χ0) is 39.4. The fourth-order valence-electron chi connectivity index (χ4n) is 6.70. The molecule has 5 amide bonds. The molecule has 13 nitrogen and oxygen atoms in total. The number of fused-ring (bicyclic) bond motifs is 2. The molecule has 4 N–H and O–H groups in total. The number of carbonyl (C=O) groups excluding carboxylic acids is 5. The predicted molar refractivity (Wildman–Crippen MR) is 207 cm³/mol. The zero-order valence-corrected chi connectivity index (χ0v) is 33.7. The van der Waals surface area contributed by atoms with Crippen LogP contribution in [0.3, 0.4) is 0 Å². The second-order valence-corrected chi connectivity index (χ2v) is 18.8. The lowest BCUT2D eigenvalue weighted by molar-refractivity contribution is -0.141. The molecule has 6 atom stereocenters. The molecular formula is C38H50ClN5O8S2. The molecule has 0 spiro atoms. The summed E-state index contributed by atoms with van der Waals surface area (Å²) in [6, 6.07) is 6.16. The van der Waals surface area contributed by atoms with Crippen molar-refractivity contribution >= 4 is 62.7 Å². The van der Waals surface area contributed by atoms with Crippen molar-refractivity contribution in [2.45, 2.75) is 121 Å². The third kappa shape index (κ3) is 10.0. The van der Waals surface area contributed by atoms with Crippen LogP contribution in [-0.4, -0.2) is 84.1 Å². The van der Waals surface area contributed by atoms with Crippen molar-refractivity contribution in [2.75, 3.05) is 6.54 Å². The average Bonchev–Trinajstić information content (AvgIpc) is 3.39. The van der Waals surface area contributed by atoms with E-state index in [0.717, 1.165) is 23.3 Å². The maximum atomic E-state index is 14.4. The van der Waals surface area contributed by atoms with Gasteiger partial charge in [0.1, 0.15) is 23.2 Å². The van der Waals surface area contributed by atoms with Crippen molar-refractivity contribution in [3.05, 3.63) is 58.5 Å². The summed E-state index contributed by atoms with van der Waals surface area (Å²) in [4.78, 5) is 71.1. The molecular weight excluding hydrogens is 754 g/mol. The Morgan fingerprint density at radius 3 is 2.52 bits per heavy atom. The van der Waals surface area contributed by atoms with Crippen LogP contribution in [0.4, 0.5) is 4.79 Å². The van der Waals surface area contributed by atoms with Gasteiger partial charge in [-0.1, -0.05) is 55.7 Å². The maximum Gasteiger partial charge on any atom is 0.408 e. The second kappa shape index (κ2) is 16.8. The van der Waals surface area contributed by atoms with E-state index in [4.69, 9.17) is 16.3 Å². The topological polar surface area (TPSA) is 180 Å². The summed E-state index contributed by atoms with van der Waals surface area (Å²) in [5.74, 6) is -2.90. The number of rotatable bonds is 8. The largest absolute Gasteiger partial charge is 0.444 e. The smallest absolute Gasteiger partial charge is 0.408 e. The van der Waals surface area contributed by atoms with Crippen LogP contribution in [-0.2, 0) is 29.1 Å². The van der Waals surface area contributed by atoms with E-state index in [0.29, 0.717) is 23.4 Å². The maximum absolute atomic E-state index is 14.4. The van der Waals surface area contributed by atoms with Gasteiger partial charge in [-0.3, -0.25) is 23.9 Å². The molecule has 1 aromatic heterocycles. The van der Waals surface area contributed by atoms with Gasteiger partial charge in [-0.25, -0.2) is 13.2 Å². The van der Waals surface area contributed by atoms with Gasteiger partial charge in [0.15, 0.2) is 0 Å². The highest BCUT2D eigenvalue weighted by Crippen LogP contribution is 2.46. The van der Waals surface area contributed by atoms with E-state index in [1.54, 1.807) is 51.3 Å². The van der Waals surface area contributed by atoms with Gasteiger partial charge in [0.2, 0.25) is 21.8 Å².